The van der Waals surface area contributed by atoms with Crippen LogP contribution in [0.15, 0.2) is 29.2 Å². The lowest BCUT2D eigenvalue weighted by atomic mass is 10.1. The molecule has 1 heterocycles. The van der Waals surface area contributed by atoms with Gasteiger partial charge in [0.1, 0.15) is 16.7 Å². The molecule has 0 spiro atoms. The lowest BCUT2D eigenvalue weighted by molar-refractivity contribution is -0.146. The summed E-state index contributed by atoms with van der Waals surface area (Å²) in [5, 5.41) is 9.74. The molecule has 1 aromatic carbocycles. The highest BCUT2D eigenvalue weighted by Crippen LogP contribution is 2.30. The zero-order valence-electron chi connectivity index (χ0n) is 11.2. The van der Waals surface area contributed by atoms with Gasteiger partial charge in [0.15, 0.2) is 0 Å². The average molecular weight is 299 g/mol. The van der Waals surface area contributed by atoms with Gasteiger partial charge >= 0.3 is 5.97 Å². The van der Waals surface area contributed by atoms with Crippen LogP contribution in [0.2, 0.25) is 0 Å². The highest BCUT2D eigenvalue weighted by Gasteiger charge is 2.39. The Balaban J connectivity index is 2.41. The summed E-state index contributed by atoms with van der Waals surface area (Å²) in [6.07, 6.45) is 1.88. The smallest absolute Gasteiger partial charge is 0.324 e. The molecule has 1 atom stereocenters. The van der Waals surface area contributed by atoms with Crippen LogP contribution in [0.3, 0.4) is 0 Å². The molecule has 0 saturated carbocycles. The van der Waals surface area contributed by atoms with Crippen LogP contribution in [-0.4, -0.2) is 43.5 Å². The molecule has 6 nitrogen and oxygen atoms in total. The number of phenols is 1. The summed E-state index contributed by atoms with van der Waals surface area (Å²) in [6, 6.07) is 4.89. The van der Waals surface area contributed by atoms with E-state index >= 15 is 0 Å². The monoisotopic (exact) mass is 299 g/mol. The fourth-order valence-corrected chi connectivity index (χ4v) is 4.10. The molecule has 1 aromatic rings. The van der Waals surface area contributed by atoms with E-state index in [1.165, 1.54) is 25.3 Å². The normalized spacial score (nSPS) is 20.6. The van der Waals surface area contributed by atoms with Crippen molar-refractivity contribution in [2.24, 2.45) is 0 Å². The number of nitrogens with zero attached hydrogens (tertiary/aromatic N) is 1. The Morgan fingerprint density at radius 1 is 1.35 bits per heavy atom. The zero-order chi connectivity index (χ0) is 14.8. The van der Waals surface area contributed by atoms with Crippen molar-refractivity contribution in [1.82, 2.24) is 4.31 Å². The van der Waals surface area contributed by atoms with E-state index in [-0.39, 0.29) is 17.2 Å². The molecule has 1 aliphatic heterocycles. The number of aromatic hydroxyl groups is 1. The number of hydrogen-bond donors (Lipinski definition) is 1. The van der Waals surface area contributed by atoms with E-state index in [0.29, 0.717) is 12.8 Å². The molecular formula is C13H17NO5S. The molecule has 7 heteroatoms. The molecule has 0 bridgehead atoms. The van der Waals surface area contributed by atoms with Gasteiger partial charge in [-0.25, -0.2) is 8.42 Å². The number of methoxy groups -OCH3 is 1. The quantitative estimate of drug-likeness (QED) is 0.845. The van der Waals surface area contributed by atoms with Gasteiger partial charge in [-0.3, -0.25) is 4.79 Å². The number of sulfonamides is 1. The van der Waals surface area contributed by atoms with Gasteiger partial charge in [0.25, 0.3) is 0 Å². The summed E-state index contributed by atoms with van der Waals surface area (Å²) >= 11 is 0. The number of carbonyl (C=O) groups is 1. The molecule has 1 saturated heterocycles. The summed E-state index contributed by atoms with van der Waals surface area (Å²) in [5.74, 6) is -0.884. The molecule has 20 heavy (non-hydrogen) atoms. The first-order valence-corrected chi connectivity index (χ1v) is 7.80. The topological polar surface area (TPSA) is 83.9 Å². The highest BCUT2D eigenvalue weighted by molar-refractivity contribution is 7.89. The maximum atomic E-state index is 12.6. The van der Waals surface area contributed by atoms with Gasteiger partial charge in [-0.15, -0.1) is 0 Å². The zero-order valence-corrected chi connectivity index (χ0v) is 12.0. The van der Waals surface area contributed by atoms with Gasteiger partial charge in [0.05, 0.1) is 7.11 Å². The first kappa shape index (κ1) is 14.8. The molecule has 0 aromatic heterocycles. The number of esters is 1. The number of phenolic OH excluding ortho intramolecular Hbond substituents is 1. The van der Waals surface area contributed by atoms with Crippen LogP contribution in [0.4, 0.5) is 0 Å². The van der Waals surface area contributed by atoms with E-state index in [1.807, 2.05) is 0 Å². The van der Waals surface area contributed by atoms with E-state index in [0.717, 1.165) is 10.7 Å². The van der Waals surface area contributed by atoms with E-state index < -0.39 is 22.0 Å². The van der Waals surface area contributed by atoms with Crippen LogP contribution in [0, 0.1) is 0 Å². The molecule has 0 aliphatic carbocycles. The Hall–Kier alpha value is -1.60. The predicted octanol–water partition coefficient (Wildman–Crippen LogP) is 1.11. The van der Waals surface area contributed by atoms with Gasteiger partial charge in [0.2, 0.25) is 10.0 Å². The van der Waals surface area contributed by atoms with Crippen LogP contribution >= 0.6 is 0 Å². The van der Waals surface area contributed by atoms with Gasteiger partial charge in [-0.1, -0.05) is 12.1 Å². The standard InChI is InChI=1S/C13H17NO5S/c1-19-13(16)10-6-4-5-9-14(10)20(17,18)12-8-3-2-7-11(12)15/h2-3,7-8,10,15H,4-6,9H2,1H3. The molecule has 1 fully saturated rings. The molecule has 1 N–H and O–H groups in total. The molecule has 2 rings (SSSR count). The molecule has 110 valence electrons. The number of benzene rings is 1. The second-order valence-corrected chi connectivity index (χ2v) is 6.48. The van der Waals surface area contributed by atoms with Crippen molar-refractivity contribution < 1.29 is 23.1 Å². The van der Waals surface area contributed by atoms with Crippen molar-refractivity contribution in [3.8, 4) is 5.75 Å². The Morgan fingerprint density at radius 2 is 2.05 bits per heavy atom. The third-order valence-electron chi connectivity index (χ3n) is 3.38. The number of carbonyl (C=O) groups excluding carboxylic acids is 1. The van der Waals surface area contributed by atoms with Crippen molar-refractivity contribution in [3.63, 3.8) is 0 Å². The molecule has 1 unspecified atom stereocenters. The molecule has 1 aliphatic rings. The summed E-state index contributed by atoms with van der Waals surface area (Å²) in [5.41, 5.74) is 0. The summed E-state index contributed by atoms with van der Waals surface area (Å²) in [6.45, 7) is 0.246. The highest BCUT2D eigenvalue weighted by atomic mass is 32.2. The van der Waals surface area contributed by atoms with Gasteiger partial charge in [0, 0.05) is 6.54 Å². The van der Waals surface area contributed by atoms with Crippen molar-refractivity contribution in [2.45, 2.75) is 30.2 Å². The number of hydrogen-bond acceptors (Lipinski definition) is 5. The maximum absolute atomic E-state index is 12.6. The fraction of sp³-hybridized carbons (Fsp3) is 0.462. The third-order valence-corrected chi connectivity index (χ3v) is 5.33. The first-order chi connectivity index (χ1) is 9.48. The van der Waals surface area contributed by atoms with Crippen molar-refractivity contribution in [3.05, 3.63) is 24.3 Å². The first-order valence-electron chi connectivity index (χ1n) is 6.36. The van der Waals surface area contributed by atoms with E-state index in [9.17, 15) is 18.3 Å². The third kappa shape index (κ3) is 2.64. The van der Waals surface area contributed by atoms with Crippen LogP contribution < -0.4 is 0 Å². The van der Waals surface area contributed by atoms with Gasteiger partial charge < -0.3 is 9.84 Å². The van der Waals surface area contributed by atoms with Crippen molar-refractivity contribution in [2.75, 3.05) is 13.7 Å². The summed E-state index contributed by atoms with van der Waals surface area (Å²) in [4.78, 5) is 11.6. The Morgan fingerprint density at radius 3 is 2.70 bits per heavy atom. The number of ether oxygens (including phenoxy) is 1. The van der Waals surface area contributed by atoms with Gasteiger partial charge in [-0.05, 0) is 31.4 Å². The van der Waals surface area contributed by atoms with Crippen molar-refractivity contribution >= 4 is 16.0 Å². The number of para-hydroxylation sites is 1. The fourth-order valence-electron chi connectivity index (χ4n) is 2.37. The maximum Gasteiger partial charge on any atom is 0.324 e. The van der Waals surface area contributed by atoms with Crippen LogP contribution in [0.5, 0.6) is 5.75 Å². The average Bonchev–Trinajstić information content (AvgIpc) is 2.46. The van der Waals surface area contributed by atoms with Crippen LogP contribution in [0.25, 0.3) is 0 Å². The van der Waals surface area contributed by atoms with Crippen LogP contribution in [-0.2, 0) is 19.6 Å². The van der Waals surface area contributed by atoms with E-state index in [2.05, 4.69) is 4.74 Å². The van der Waals surface area contributed by atoms with E-state index in [1.54, 1.807) is 6.07 Å². The lowest BCUT2D eigenvalue weighted by Gasteiger charge is -2.32. The van der Waals surface area contributed by atoms with Gasteiger partial charge in [-0.2, -0.15) is 4.31 Å². The SMILES string of the molecule is COC(=O)C1CCCCN1S(=O)(=O)c1ccccc1O. The summed E-state index contributed by atoms with van der Waals surface area (Å²) in [7, 11) is -2.68. The molecule has 0 amide bonds. The minimum Gasteiger partial charge on any atom is -0.507 e. The Labute approximate surface area is 118 Å². The van der Waals surface area contributed by atoms with E-state index in [4.69, 9.17) is 0 Å². The predicted molar refractivity (Wildman–Crippen MR) is 71.7 cm³/mol. The second kappa shape index (κ2) is 5.80. The number of piperidine rings is 1. The molecule has 0 radical (unpaired) electrons. The largest absolute Gasteiger partial charge is 0.507 e. The Kier molecular flexibility index (Phi) is 4.29. The number of rotatable bonds is 3. The summed E-state index contributed by atoms with van der Waals surface area (Å²) < 4.78 is 31.0. The molecular weight excluding hydrogens is 282 g/mol. The second-order valence-electron chi connectivity index (χ2n) is 4.62. The van der Waals surface area contributed by atoms with Crippen LogP contribution in [0.1, 0.15) is 19.3 Å². The lowest BCUT2D eigenvalue weighted by Crippen LogP contribution is -2.48. The minimum absolute atomic E-state index is 0.184. The Bertz CT molecular complexity index is 599. The van der Waals surface area contributed by atoms with Crippen molar-refractivity contribution in [1.29, 1.82) is 0 Å². The minimum atomic E-state index is -3.91.